The van der Waals surface area contributed by atoms with Crippen LogP contribution in [0.1, 0.15) is 136 Å². The normalized spacial score (nSPS) is 14.4. The van der Waals surface area contributed by atoms with E-state index in [1.807, 2.05) is 0 Å². The van der Waals surface area contributed by atoms with Gasteiger partial charge in [-0.3, -0.25) is 13.8 Å². The first-order valence-electron chi connectivity index (χ1n) is 18.3. The second kappa shape index (κ2) is 35.5. The number of hydrogen-bond acceptors (Lipinski definition) is 7. The maximum Gasteiger partial charge on any atom is 0.472 e. The Morgan fingerprint density at radius 1 is 0.660 bits per heavy atom. The van der Waals surface area contributed by atoms with Crippen molar-refractivity contribution in [3.63, 3.8) is 0 Å². The minimum atomic E-state index is -4.28. The third-order valence-corrected chi connectivity index (χ3v) is 8.13. The molecule has 0 saturated carbocycles. The number of phosphoric acid groups is 1. The molecular weight excluding hydrogens is 613 g/mol. The van der Waals surface area contributed by atoms with Gasteiger partial charge >= 0.3 is 13.8 Å². The van der Waals surface area contributed by atoms with Gasteiger partial charge in [-0.1, -0.05) is 120 Å². The summed E-state index contributed by atoms with van der Waals surface area (Å²) in [6.45, 7) is 4.67. The average molecular weight is 682 g/mol. The van der Waals surface area contributed by atoms with Gasteiger partial charge in [0.05, 0.1) is 19.8 Å². The van der Waals surface area contributed by atoms with E-state index < -0.39 is 13.9 Å². The first-order chi connectivity index (χ1) is 22.9. The monoisotopic (exact) mass is 681 g/mol. The summed E-state index contributed by atoms with van der Waals surface area (Å²) in [7, 11) is -4.28. The Morgan fingerprint density at radius 3 is 1.81 bits per heavy atom. The van der Waals surface area contributed by atoms with Gasteiger partial charge in [-0.05, 0) is 70.6 Å². The lowest BCUT2D eigenvalue weighted by atomic mass is 10.1. The van der Waals surface area contributed by atoms with Crippen molar-refractivity contribution in [3.8, 4) is 0 Å². The predicted octanol–water partition coefficient (Wildman–Crippen LogP) is 10.2. The lowest BCUT2D eigenvalue weighted by molar-refractivity contribution is -0.154. The van der Waals surface area contributed by atoms with Crippen LogP contribution in [0.5, 0.6) is 0 Å². The van der Waals surface area contributed by atoms with Gasteiger partial charge in [0.1, 0.15) is 6.10 Å². The predicted molar refractivity (Wildman–Crippen MR) is 196 cm³/mol. The molecular formula is C38H68NO7P. The molecule has 47 heavy (non-hydrogen) atoms. The molecule has 0 spiro atoms. The number of unbranched alkanes of at least 4 members (excludes halogenated alkanes) is 11. The molecule has 0 bridgehead atoms. The Morgan fingerprint density at radius 2 is 1.19 bits per heavy atom. The summed E-state index contributed by atoms with van der Waals surface area (Å²) in [6, 6.07) is 0. The molecule has 0 aliphatic rings. The highest BCUT2D eigenvalue weighted by molar-refractivity contribution is 7.47. The van der Waals surface area contributed by atoms with Gasteiger partial charge in [0.2, 0.25) is 0 Å². The van der Waals surface area contributed by atoms with Crippen LogP contribution in [0.2, 0.25) is 0 Å². The number of nitrogens with two attached hydrogens (primary N) is 1. The van der Waals surface area contributed by atoms with Gasteiger partial charge < -0.3 is 20.1 Å². The van der Waals surface area contributed by atoms with E-state index in [0.29, 0.717) is 6.61 Å². The Bertz CT molecular complexity index is 900. The van der Waals surface area contributed by atoms with Crippen LogP contribution >= 0.6 is 7.82 Å². The molecule has 272 valence electrons. The number of esters is 1. The molecule has 3 N–H and O–H groups in total. The highest BCUT2D eigenvalue weighted by Crippen LogP contribution is 2.43. The Hall–Kier alpha value is -1.80. The van der Waals surface area contributed by atoms with E-state index in [0.717, 1.165) is 77.0 Å². The molecule has 0 rings (SSSR count). The highest BCUT2D eigenvalue weighted by Gasteiger charge is 2.25. The van der Waals surface area contributed by atoms with Gasteiger partial charge in [-0.15, -0.1) is 0 Å². The molecule has 0 heterocycles. The fourth-order valence-corrected chi connectivity index (χ4v) is 5.28. The van der Waals surface area contributed by atoms with E-state index in [2.05, 4.69) is 74.6 Å². The number of allylic oxidation sites excluding steroid dienone is 10. The number of hydrogen-bond donors (Lipinski definition) is 2. The number of rotatable bonds is 34. The van der Waals surface area contributed by atoms with Gasteiger partial charge in [0, 0.05) is 19.6 Å². The summed E-state index contributed by atoms with van der Waals surface area (Å²) in [6.07, 6.45) is 40.9. The first-order valence-corrected chi connectivity index (χ1v) is 19.8. The van der Waals surface area contributed by atoms with Crippen LogP contribution in [0.4, 0.5) is 0 Å². The quantitative estimate of drug-likeness (QED) is 0.0298. The molecule has 0 aromatic rings. The van der Waals surface area contributed by atoms with E-state index in [9.17, 15) is 14.3 Å². The maximum absolute atomic E-state index is 12.5. The third kappa shape index (κ3) is 35.3. The molecule has 0 aliphatic heterocycles. The highest BCUT2D eigenvalue weighted by atomic mass is 31.2. The number of ether oxygens (including phenoxy) is 2. The number of carbonyl (C=O) groups is 1. The second-order valence-corrected chi connectivity index (χ2v) is 13.2. The summed E-state index contributed by atoms with van der Waals surface area (Å²) in [5.41, 5.74) is 5.34. The standard InChI is InChI=1S/C38H68NO7P/c1-3-5-7-9-11-13-15-16-17-18-19-20-21-23-25-27-29-31-38(40)46-37(36-45-47(41,42)44-34-32-39)35-43-33-30-28-26-24-22-14-12-10-8-6-4-2/h5,7-8,10-11,13,16-17,19-20,37H,3-4,6,9,12,14-15,18,21-36,39H2,1-2H3,(H,41,42)/b7-5-,10-8-,13-11-,17-16-,20-19-. The summed E-state index contributed by atoms with van der Waals surface area (Å²) in [5.74, 6) is -0.360. The van der Waals surface area contributed by atoms with E-state index in [-0.39, 0.29) is 38.8 Å². The van der Waals surface area contributed by atoms with Crippen molar-refractivity contribution in [3.05, 3.63) is 60.8 Å². The zero-order valence-electron chi connectivity index (χ0n) is 29.7. The molecule has 9 heteroatoms. The molecule has 2 unspecified atom stereocenters. The van der Waals surface area contributed by atoms with Gasteiger partial charge in [-0.2, -0.15) is 0 Å². The minimum Gasteiger partial charge on any atom is -0.457 e. The zero-order valence-corrected chi connectivity index (χ0v) is 30.6. The summed E-state index contributed by atoms with van der Waals surface area (Å²) in [5, 5.41) is 0. The van der Waals surface area contributed by atoms with Crippen LogP contribution in [-0.4, -0.2) is 49.9 Å². The van der Waals surface area contributed by atoms with Crippen molar-refractivity contribution in [2.24, 2.45) is 5.73 Å². The average Bonchev–Trinajstić information content (AvgIpc) is 3.06. The lowest BCUT2D eigenvalue weighted by Crippen LogP contribution is -2.28. The molecule has 0 aromatic heterocycles. The van der Waals surface area contributed by atoms with E-state index in [1.165, 1.54) is 38.5 Å². The largest absolute Gasteiger partial charge is 0.472 e. The molecule has 0 aromatic carbocycles. The third-order valence-electron chi connectivity index (χ3n) is 7.15. The zero-order chi connectivity index (χ0) is 34.5. The van der Waals surface area contributed by atoms with Crippen LogP contribution in [0.3, 0.4) is 0 Å². The van der Waals surface area contributed by atoms with Crippen LogP contribution in [-0.2, 0) is 27.9 Å². The smallest absolute Gasteiger partial charge is 0.457 e. The number of phosphoric ester groups is 1. The van der Waals surface area contributed by atoms with E-state index in [4.69, 9.17) is 24.3 Å². The van der Waals surface area contributed by atoms with Gasteiger partial charge in [0.15, 0.2) is 0 Å². The number of carbonyl (C=O) groups excluding carboxylic acids is 1. The SMILES string of the molecule is CC/C=C\C/C=C\C/C=C\C/C=C\CCCCCCC(=O)OC(COCCCCCCCC/C=C\CCC)COP(=O)(O)OCCN. The molecule has 0 fully saturated rings. The van der Waals surface area contributed by atoms with E-state index >= 15 is 0 Å². The summed E-state index contributed by atoms with van der Waals surface area (Å²) < 4.78 is 33.2. The molecule has 0 saturated heterocycles. The van der Waals surface area contributed by atoms with Crippen molar-refractivity contribution in [2.75, 3.05) is 33.0 Å². The van der Waals surface area contributed by atoms with Gasteiger partial charge in [-0.25, -0.2) is 4.57 Å². The van der Waals surface area contributed by atoms with Crippen molar-refractivity contribution < 1.29 is 32.8 Å². The summed E-state index contributed by atoms with van der Waals surface area (Å²) in [4.78, 5) is 22.3. The second-order valence-electron chi connectivity index (χ2n) is 11.7. The van der Waals surface area contributed by atoms with Crippen molar-refractivity contribution in [1.82, 2.24) is 0 Å². The Balaban J connectivity index is 4.18. The van der Waals surface area contributed by atoms with Crippen molar-refractivity contribution in [1.29, 1.82) is 0 Å². The fourth-order valence-electron chi connectivity index (χ4n) is 4.52. The minimum absolute atomic E-state index is 0.0921. The topological polar surface area (TPSA) is 117 Å². The van der Waals surface area contributed by atoms with Crippen LogP contribution in [0, 0.1) is 0 Å². The first kappa shape index (κ1) is 45.2. The Kier molecular flexibility index (Phi) is 34.1. The molecule has 2 atom stereocenters. The molecule has 0 aliphatic carbocycles. The van der Waals surface area contributed by atoms with Gasteiger partial charge in [0.25, 0.3) is 0 Å². The molecule has 8 nitrogen and oxygen atoms in total. The lowest BCUT2D eigenvalue weighted by Gasteiger charge is -2.20. The Labute approximate surface area is 287 Å². The molecule has 0 amide bonds. The van der Waals surface area contributed by atoms with Crippen molar-refractivity contribution >= 4 is 13.8 Å². The van der Waals surface area contributed by atoms with Crippen LogP contribution < -0.4 is 5.73 Å². The summed E-state index contributed by atoms with van der Waals surface area (Å²) >= 11 is 0. The van der Waals surface area contributed by atoms with Crippen LogP contribution in [0.25, 0.3) is 0 Å². The van der Waals surface area contributed by atoms with Crippen molar-refractivity contribution in [2.45, 2.75) is 142 Å². The maximum atomic E-state index is 12.5. The fraction of sp³-hybridized carbons (Fsp3) is 0.711. The van der Waals surface area contributed by atoms with Crippen LogP contribution in [0.15, 0.2) is 60.8 Å². The molecule has 0 radical (unpaired) electrons. The van der Waals surface area contributed by atoms with E-state index in [1.54, 1.807) is 0 Å².